The van der Waals surface area contributed by atoms with Gasteiger partial charge in [0.05, 0.1) is 0 Å². The molecule has 0 radical (unpaired) electrons. The molecule has 1 aromatic rings. The Bertz CT molecular complexity index is 721. The van der Waals surface area contributed by atoms with Crippen molar-refractivity contribution >= 4 is 5.91 Å². The molecule has 3 aliphatic rings. The summed E-state index contributed by atoms with van der Waals surface area (Å²) in [4.78, 5) is 12.3. The van der Waals surface area contributed by atoms with E-state index in [1.165, 1.54) is 24.3 Å². The van der Waals surface area contributed by atoms with Crippen molar-refractivity contribution in [3.05, 3.63) is 35.6 Å². The molecular formula is C19H24FNO6. The number of carbonyl (C=O) groups is 1. The molecule has 3 heterocycles. The van der Waals surface area contributed by atoms with E-state index in [4.69, 9.17) is 23.7 Å². The number of amides is 1. The van der Waals surface area contributed by atoms with Crippen LogP contribution in [0.2, 0.25) is 0 Å². The number of fused-ring (bicyclic) bond motifs is 3. The molecule has 0 saturated carbocycles. The Morgan fingerprint density at radius 2 is 1.56 bits per heavy atom. The quantitative estimate of drug-likeness (QED) is 0.863. The third kappa shape index (κ3) is 3.72. The average Bonchev–Trinajstić information content (AvgIpc) is 3.07. The van der Waals surface area contributed by atoms with Crippen molar-refractivity contribution in [2.24, 2.45) is 0 Å². The van der Waals surface area contributed by atoms with Gasteiger partial charge >= 0.3 is 0 Å². The normalized spacial score (nSPS) is 36.1. The van der Waals surface area contributed by atoms with Crippen LogP contribution in [0.1, 0.15) is 38.1 Å². The minimum atomic E-state index is -0.789. The highest BCUT2D eigenvalue weighted by atomic mass is 19.1. The monoisotopic (exact) mass is 381 g/mol. The largest absolute Gasteiger partial charge is 0.349 e. The van der Waals surface area contributed by atoms with Gasteiger partial charge in [-0.05, 0) is 52.0 Å². The molecule has 3 fully saturated rings. The van der Waals surface area contributed by atoms with Crippen molar-refractivity contribution in [1.82, 2.24) is 5.32 Å². The Hall–Kier alpha value is -1.58. The van der Waals surface area contributed by atoms with Crippen molar-refractivity contribution < 1.29 is 32.9 Å². The van der Waals surface area contributed by atoms with E-state index in [0.29, 0.717) is 5.56 Å². The third-order valence-corrected chi connectivity index (χ3v) is 4.82. The van der Waals surface area contributed by atoms with Gasteiger partial charge in [0.1, 0.15) is 30.2 Å². The van der Waals surface area contributed by atoms with Crippen LogP contribution in [0.25, 0.3) is 0 Å². The Balaban J connectivity index is 1.47. The van der Waals surface area contributed by atoms with E-state index >= 15 is 0 Å². The summed E-state index contributed by atoms with van der Waals surface area (Å²) in [6.07, 6.45) is -2.26. The van der Waals surface area contributed by atoms with E-state index in [0.717, 1.165) is 0 Å². The smallest absolute Gasteiger partial charge is 0.251 e. The van der Waals surface area contributed by atoms with E-state index in [-0.39, 0.29) is 18.6 Å². The fraction of sp³-hybridized carbons (Fsp3) is 0.632. The summed E-state index contributed by atoms with van der Waals surface area (Å²) in [5.41, 5.74) is 0.368. The molecule has 1 N–H and O–H groups in total. The van der Waals surface area contributed by atoms with Gasteiger partial charge in [-0.1, -0.05) is 0 Å². The first-order valence-electron chi connectivity index (χ1n) is 9.04. The summed E-state index contributed by atoms with van der Waals surface area (Å²) >= 11 is 0. The number of benzene rings is 1. The molecule has 0 unspecified atom stereocenters. The van der Waals surface area contributed by atoms with Crippen molar-refractivity contribution in [3.8, 4) is 0 Å². The summed E-state index contributed by atoms with van der Waals surface area (Å²) in [5.74, 6) is -2.29. The average molecular weight is 381 g/mol. The SMILES string of the molecule is CC1(C)O[C@H]2O[C@H](CNC(=O)c3ccc(F)cc3)[C@@H]3OC(C)(C)O[C@@H]3[C@@H]2O1. The van der Waals surface area contributed by atoms with Gasteiger partial charge < -0.3 is 29.0 Å². The molecule has 4 rings (SSSR count). The standard InChI is InChI=1S/C19H24FNO6/c1-18(2)24-13-12(9-21-16(22)10-5-7-11(20)8-6-10)23-17-15(14(13)25-18)26-19(3,4)27-17/h5-8,12-15,17H,9H2,1-4H3,(H,21,22)/t12-,13+,14+,15+,17-/m1/s1. The lowest BCUT2D eigenvalue weighted by molar-refractivity contribution is -0.232. The Labute approximate surface area is 157 Å². The van der Waals surface area contributed by atoms with Crippen LogP contribution in [-0.4, -0.2) is 54.7 Å². The molecule has 7 nitrogen and oxygen atoms in total. The maximum absolute atomic E-state index is 13.0. The Kier molecular flexibility index (Phi) is 4.51. The van der Waals surface area contributed by atoms with Crippen LogP contribution < -0.4 is 5.32 Å². The highest BCUT2D eigenvalue weighted by Crippen LogP contribution is 2.43. The number of hydrogen-bond acceptors (Lipinski definition) is 6. The number of hydrogen-bond donors (Lipinski definition) is 1. The molecule has 27 heavy (non-hydrogen) atoms. The molecule has 3 aliphatic heterocycles. The van der Waals surface area contributed by atoms with Crippen LogP contribution in [0.15, 0.2) is 24.3 Å². The van der Waals surface area contributed by atoms with Crippen LogP contribution in [0.3, 0.4) is 0 Å². The van der Waals surface area contributed by atoms with Crippen molar-refractivity contribution in [3.63, 3.8) is 0 Å². The molecule has 148 valence electrons. The first kappa shape index (κ1) is 18.8. The minimum absolute atomic E-state index is 0.198. The van der Waals surface area contributed by atoms with Crippen LogP contribution in [0, 0.1) is 5.82 Å². The second-order valence-corrected chi connectivity index (χ2v) is 7.92. The maximum atomic E-state index is 13.0. The minimum Gasteiger partial charge on any atom is -0.349 e. The van der Waals surface area contributed by atoms with Crippen LogP contribution >= 0.6 is 0 Å². The number of halogens is 1. The van der Waals surface area contributed by atoms with Gasteiger partial charge in [0, 0.05) is 12.1 Å². The number of rotatable bonds is 3. The molecule has 0 aliphatic carbocycles. The van der Waals surface area contributed by atoms with E-state index in [2.05, 4.69) is 5.32 Å². The summed E-state index contributed by atoms with van der Waals surface area (Å²) in [5, 5.41) is 2.81. The molecule has 0 bridgehead atoms. The van der Waals surface area contributed by atoms with Gasteiger partial charge in [0.15, 0.2) is 17.9 Å². The zero-order valence-electron chi connectivity index (χ0n) is 15.7. The molecule has 8 heteroatoms. The van der Waals surface area contributed by atoms with Gasteiger partial charge in [-0.2, -0.15) is 0 Å². The lowest BCUT2D eigenvalue weighted by Gasteiger charge is -2.37. The summed E-state index contributed by atoms with van der Waals surface area (Å²) < 4.78 is 42.9. The van der Waals surface area contributed by atoms with Crippen LogP contribution in [0.5, 0.6) is 0 Å². The molecular weight excluding hydrogens is 357 g/mol. The molecule has 1 aromatic carbocycles. The molecule has 5 atom stereocenters. The summed E-state index contributed by atoms with van der Waals surface area (Å²) in [7, 11) is 0. The van der Waals surface area contributed by atoms with Crippen molar-refractivity contribution in [1.29, 1.82) is 0 Å². The van der Waals surface area contributed by atoms with Crippen LogP contribution in [0.4, 0.5) is 4.39 Å². The Morgan fingerprint density at radius 1 is 0.963 bits per heavy atom. The van der Waals surface area contributed by atoms with E-state index < -0.39 is 42.0 Å². The van der Waals surface area contributed by atoms with Gasteiger partial charge in [0.2, 0.25) is 0 Å². The predicted molar refractivity (Wildman–Crippen MR) is 91.3 cm³/mol. The first-order chi connectivity index (χ1) is 12.6. The fourth-order valence-electron chi connectivity index (χ4n) is 3.75. The number of carbonyl (C=O) groups excluding carboxylic acids is 1. The molecule has 0 aromatic heterocycles. The van der Waals surface area contributed by atoms with Crippen LogP contribution in [-0.2, 0) is 23.7 Å². The topological polar surface area (TPSA) is 75.3 Å². The second-order valence-electron chi connectivity index (χ2n) is 7.92. The van der Waals surface area contributed by atoms with E-state index in [1.807, 2.05) is 27.7 Å². The Morgan fingerprint density at radius 3 is 2.26 bits per heavy atom. The first-order valence-corrected chi connectivity index (χ1v) is 9.04. The third-order valence-electron chi connectivity index (χ3n) is 4.82. The van der Waals surface area contributed by atoms with Gasteiger partial charge in [0.25, 0.3) is 5.91 Å². The van der Waals surface area contributed by atoms with Gasteiger partial charge in [-0.15, -0.1) is 0 Å². The predicted octanol–water partition coefficient (Wildman–Crippen LogP) is 1.95. The highest BCUT2D eigenvalue weighted by molar-refractivity contribution is 5.94. The highest BCUT2D eigenvalue weighted by Gasteiger charge is 2.60. The van der Waals surface area contributed by atoms with Crippen molar-refractivity contribution in [2.75, 3.05) is 6.54 Å². The van der Waals surface area contributed by atoms with Gasteiger partial charge in [-0.3, -0.25) is 4.79 Å². The summed E-state index contributed by atoms with van der Waals surface area (Å²) in [6.45, 7) is 7.49. The summed E-state index contributed by atoms with van der Waals surface area (Å²) in [6, 6.07) is 5.35. The zero-order valence-corrected chi connectivity index (χ0v) is 15.7. The zero-order chi connectivity index (χ0) is 19.4. The lowest BCUT2D eigenvalue weighted by Crippen LogP contribution is -2.57. The molecule has 0 spiro atoms. The number of ether oxygens (including phenoxy) is 5. The van der Waals surface area contributed by atoms with E-state index in [9.17, 15) is 9.18 Å². The molecule has 3 saturated heterocycles. The van der Waals surface area contributed by atoms with Gasteiger partial charge in [-0.25, -0.2) is 4.39 Å². The second kappa shape index (κ2) is 6.49. The fourth-order valence-corrected chi connectivity index (χ4v) is 3.75. The molecule has 1 amide bonds. The maximum Gasteiger partial charge on any atom is 0.251 e. The lowest BCUT2D eigenvalue weighted by atomic mass is 9.99. The van der Waals surface area contributed by atoms with Crippen molar-refractivity contribution in [2.45, 2.75) is 70.0 Å². The number of nitrogens with one attached hydrogen (secondary N) is 1. The van der Waals surface area contributed by atoms with E-state index in [1.54, 1.807) is 0 Å².